The molecule has 1 heterocycles. The Morgan fingerprint density at radius 3 is 2.72 bits per heavy atom. The average molecular weight is 339 g/mol. The van der Waals surface area contributed by atoms with E-state index in [0.29, 0.717) is 6.54 Å². The number of nitrogens with zero attached hydrogens (tertiary/aromatic N) is 2. The molecule has 5 nitrogen and oxygen atoms in total. The van der Waals surface area contributed by atoms with Crippen LogP contribution in [0.25, 0.3) is 0 Å². The summed E-state index contributed by atoms with van der Waals surface area (Å²) in [5.74, 6) is 0.917. The molecule has 0 unspecified atom stereocenters. The molecule has 0 spiro atoms. The molecule has 1 N–H and O–H groups in total. The smallest absolute Gasteiger partial charge is 0.123 e. The van der Waals surface area contributed by atoms with Crippen LogP contribution < -0.4 is 10.2 Å². The van der Waals surface area contributed by atoms with Crippen LogP contribution in [0.1, 0.15) is 16.7 Å². The topological polar surface area (TPSA) is 46.1 Å². The molecule has 0 amide bonds. The maximum absolute atomic E-state index is 5.51. The van der Waals surface area contributed by atoms with Gasteiger partial charge in [0, 0.05) is 25.2 Å². The Bertz CT molecular complexity index is 683. The third-order valence-electron chi connectivity index (χ3n) is 4.23. The standard InChI is InChI=1S/C20H25N3O2/c1-24-20-8-7-18(13-19(20)16-23-9-11-25-12-10-23)15-22-21-14-17-5-3-2-4-6-17/h2-8,13,15,21H,9-12,14,16H2,1H3. The van der Waals surface area contributed by atoms with Gasteiger partial charge in [-0.25, -0.2) is 0 Å². The highest BCUT2D eigenvalue weighted by Gasteiger charge is 2.13. The van der Waals surface area contributed by atoms with Crippen LogP contribution in [0.5, 0.6) is 5.75 Å². The highest BCUT2D eigenvalue weighted by atomic mass is 16.5. The summed E-state index contributed by atoms with van der Waals surface area (Å²) in [4.78, 5) is 2.38. The number of hydrogen-bond donors (Lipinski definition) is 1. The van der Waals surface area contributed by atoms with E-state index in [4.69, 9.17) is 9.47 Å². The molecule has 0 aromatic heterocycles. The first-order valence-electron chi connectivity index (χ1n) is 8.62. The maximum atomic E-state index is 5.51. The summed E-state index contributed by atoms with van der Waals surface area (Å²) in [5, 5.41) is 4.33. The molecule has 0 saturated carbocycles. The Balaban J connectivity index is 1.61. The average Bonchev–Trinajstić information content (AvgIpc) is 2.67. The molecular weight excluding hydrogens is 314 g/mol. The quantitative estimate of drug-likeness (QED) is 0.622. The molecule has 1 aliphatic heterocycles. The number of hydrogen-bond acceptors (Lipinski definition) is 5. The first kappa shape index (κ1) is 17.5. The van der Waals surface area contributed by atoms with Gasteiger partial charge in [-0.1, -0.05) is 30.3 Å². The van der Waals surface area contributed by atoms with Crippen LogP contribution in [-0.2, 0) is 17.8 Å². The van der Waals surface area contributed by atoms with Gasteiger partial charge in [-0.15, -0.1) is 0 Å². The van der Waals surface area contributed by atoms with E-state index >= 15 is 0 Å². The minimum atomic E-state index is 0.716. The monoisotopic (exact) mass is 339 g/mol. The number of ether oxygens (including phenoxy) is 2. The molecule has 0 atom stereocenters. The van der Waals surface area contributed by atoms with Crippen LogP contribution in [0, 0.1) is 0 Å². The van der Waals surface area contributed by atoms with Gasteiger partial charge >= 0.3 is 0 Å². The lowest BCUT2D eigenvalue weighted by atomic mass is 10.1. The van der Waals surface area contributed by atoms with Gasteiger partial charge in [-0.2, -0.15) is 5.10 Å². The van der Waals surface area contributed by atoms with E-state index < -0.39 is 0 Å². The van der Waals surface area contributed by atoms with Gasteiger partial charge in [0.2, 0.25) is 0 Å². The number of hydrazone groups is 1. The second-order valence-corrected chi connectivity index (χ2v) is 6.04. The summed E-state index contributed by atoms with van der Waals surface area (Å²) in [7, 11) is 1.72. The number of nitrogens with one attached hydrogen (secondary N) is 1. The molecule has 1 aliphatic rings. The molecule has 25 heavy (non-hydrogen) atoms. The van der Waals surface area contributed by atoms with Gasteiger partial charge in [-0.05, 0) is 29.3 Å². The van der Waals surface area contributed by atoms with E-state index in [9.17, 15) is 0 Å². The van der Waals surface area contributed by atoms with Crippen LogP contribution >= 0.6 is 0 Å². The van der Waals surface area contributed by atoms with E-state index in [1.54, 1.807) is 7.11 Å². The largest absolute Gasteiger partial charge is 0.496 e. The van der Waals surface area contributed by atoms with Crippen LogP contribution in [0.4, 0.5) is 0 Å². The molecule has 5 heteroatoms. The third-order valence-corrected chi connectivity index (χ3v) is 4.23. The van der Waals surface area contributed by atoms with Crippen molar-refractivity contribution < 1.29 is 9.47 Å². The zero-order valence-corrected chi connectivity index (χ0v) is 14.6. The highest BCUT2D eigenvalue weighted by Crippen LogP contribution is 2.21. The fraction of sp³-hybridized carbons (Fsp3) is 0.350. The first-order valence-corrected chi connectivity index (χ1v) is 8.62. The number of methoxy groups -OCH3 is 1. The Morgan fingerprint density at radius 1 is 1.16 bits per heavy atom. The normalized spacial score (nSPS) is 15.4. The molecule has 2 aromatic carbocycles. The second-order valence-electron chi connectivity index (χ2n) is 6.04. The van der Waals surface area contributed by atoms with Crippen molar-refractivity contribution >= 4 is 6.21 Å². The molecular formula is C20H25N3O2. The molecule has 0 aliphatic carbocycles. The van der Waals surface area contributed by atoms with Crippen molar-refractivity contribution in [1.82, 2.24) is 10.3 Å². The summed E-state index contributed by atoms with van der Waals surface area (Å²) < 4.78 is 10.9. The van der Waals surface area contributed by atoms with Crippen LogP contribution in [0.2, 0.25) is 0 Å². The van der Waals surface area contributed by atoms with E-state index in [1.807, 2.05) is 36.5 Å². The molecule has 0 bridgehead atoms. The number of morpholine rings is 1. The van der Waals surface area contributed by atoms with Crippen molar-refractivity contribution in [2.75, 3.05) is 33.4 Å². The van der Waals surface area contributed by atoms with Gasteiger partial charge in [0.1, 0.15) is 5.75 Å². The van der Waals surface area contributed by atoms with Gasteiger partial charge in [0.05, 0.1) is 33.1 Å². The lowest BCUT2D eigenvalue weighted by Crippen LogP contribution is -2.35. The predicted octanol–water partition coefficient (Wildman–Crippen LogP) is 2.65. The van der Waals surface area contributed by atoms with Crippen molar-refractivity contribution in [3.8, 4) is 5.75 Å². The van der Waals surface area contributed by atoms with E-state index in [2.05, 4.69) is 33.6 Å². The molecule has 1 saturated heterocycles. The number of rotatable bonds is 7. The van der Waals surface area contributed by atoms with Crippen LogP contribution in [0.15, 0.2) is 53.6 Å². The van der Waals surface area contributed by atoms with Crippen molar-refractivity contribution in [3.05, 3.63) is 65.2 Å². The Labute approximate surface area is 149 Å². The van der Waals surface area contributed by atoms with Gasteiger partial charge in [-0.3, -0.25) is 4.90 Å². The lowest BCUT2D eigenvalue weighted by molar-refractivity contribution is 0.0339. The molecule has 1 fully saturated rings. The minimum absolute atomic E-state index is 0.716. The van der Waals surface area contributed by atoms with Gasteiger partial charge in [0.25, 0.3) is 0 Å². The van der Waals surface area contributed by atoms with Crippen molar-refractivity contribution in [1.29, 1.82) is 0 Å². The maximum Gasteiger partial charge on any atom is 0.123 e. The summed E-state index contributed by atoms with van der Waals surface area (Å²) in [5.41, 5.74) is 6.54. The van der Waals surface area contributed by atoms with Gasteiger partial charge < -0.3 is 14.9 Å². The number of benzene rings is 2. The van der Waals surface area contributed by atoms with E-state index in [1.165, 1.54) is 11.1 Å². The lowest BCUT2D eigenvalue weighted by Gasteiger charge is -2.27. The molecule has 132 valence electrons. The third kappa shape index (κ3) is 5.31. The second kappa shape index (κ2) is 9.20. The summed E-state index contributed by atoms with van der Waals surface area (Å²) in [6.45, 7) is 5.10. The van der Waals surface area contributed by atoms with E-state index in [-0.39, 0.29) is 0 Å². The van der Waals surface area contributed by atoms with Crippen LogP contribution in [0.3, 0.4) is 0 Å². The zero-order chi connectivity index (χ0) is 17.3. The highest BCUT2D eigenvalue weighted by molar-refractivity contribution is 5.80. The first-order chi connectivity index (χ1) is 12.3. The molecule has 0 radical (unpaired) electrons. The zero-order valence-electron chi connectivity index (χ0n) is 14.6. The van der Waals surface area contributed by atoms with Crippen molar-refractivity contribution in [2.45, 2.75) is 13.1 Å². The molecule has 3 rings (SSSR count). The van der Waals surface area contributed by atoms with E-state index in [0.717, 1.165) is 44.2 Å². The Morgan fingerprint density at radius 2 is 1.96 bits per heavy atom. The minimum Gasteiger partial charge on any atom is -0.496 e. The summed E-state index contributed by atoms with van der Waals surface area (Å²) >= 11 is 0. The molecule has 2 aromatic rings. The van der Waals surface area contributed by atoms with Gasteiger partial charge in [0.15, 0.2) is 0 Å². The predicted molar refractivity (Wildman–Crippen MR) is 100.0 cm³/mol. The fourth-order valence-electron chi connectivity index (χ4n) is 2.86. The van der Waals surface area contributed by atoms with Crippen molar-refractivity contribution in [3.63, 3.8) is 0 Å². The van der Waals surface area contributed by atoms with Crippen molar-refractivity contribution in [2.24, 2.45) is 5.10 Å². The fourth-order valence-corrected chi connectivity index (χ4v) is 2.86. The SMILES string of the molecule is COc1ccc(C=NNCc2ccccc2)cc1CN1CCOCC1. The van der Waals surface area contributed by atoms with Crippen LogP contribution in [-0.4, -0.2) is 44.5 Å². The Hall–Kier alpha value is -2.37. The summed E-state index contributed by atoms with van der Waals surface area (Å²) in [6.07, 6.45) is 1.85. The summed E-state index contributed by atoms with van der Waals surface area (Å²) in [6, 6.07) is 16.4. The Kier molecular flexibility index (Phi) is 6.42.